The molecule has 1 unspecified atom stereocenters. The van der Waals surface area contributed by atoms with E-state index in [0.717, 1.165) is 37.1 Å². The van der Waals surface area contributed by atoms with Crippen molar-refractivity contribution in [1.29, 1.82) is 0 Å². The standard InChI is InChI=1S/C19H28INO/c1-18-11-8-15-13(14(18)6-7-16(18)20)9-12-21-17(22)5-3-4-10-19(15,21)2/h7,13-15H,3-6,8-12H2,1-2H3/t13-,14-,15?,18-,19+/m0/s1. The number of allylic oxidation sites excluding steroid dienone is 2. The summed E-state index contributed by atoms with van der Waals surface area (Å²) in [4.78, 5) is 14.9. The lowest BCUT2D eigenvalue weighted by Gasteiger charge is -2.59. The Hall–Kier alpha value is -0.0600. The van der Waals surface area contributed by atoms with Crippen molar-refractivity contribution in [3.8, 4) is 0 Å². The SMILES string of the molecule is C[C@]12CCC3[C@@H](CCN4C(=O)CCCC[C@]34C)[C@@H]1CC=C2I. The van der Waals surface area contributed by atoms with Crippen LogP contribution in [-0.2, 0) is 4.79 Å². The molecule has 0 aromatic carbocycles. The van der Waals surface area contributed by atoms with E-state index in [1.54, 1.807) is 3.58 Å². The fourth-order valence-corrected chi connectivity index (χ4v) is 7.26. The summed E-state index contributed by atoms with van der Waals surface area (Å²) in [6.07, 6.45) is 12.0. The van der Waals surface area contributed by atoms with Gasteiger partial charge in [-0.3, -0.25) is 4.79 Å². The van der Waals surface area contributed by atoms with Crippen molar-refractivity contribution >= 4 is 28.5 Å². The lowest BCUT2D eigenvalue weighted by atomic mass is 9.53. The van der Waals surface area contributed by atoms with Gasteiger partial charge in [-0.2, -0.15) is 0 Å². The van der Waals surface area contributed by atoms with Crippen LogP contribution in [0.15, 0.2) is 9.66 Å². The van der Waals surface area contributed by atoms with Gasteiger partial charge in [0, 0.05) is 23.9 Å². The van der Waals surface area contributed by atoms with Gasteiger partial charge in [-0.25, -0.2) is 0 Å². The Labute approximate surface area is 148 Å². The fourth-order valence-electron chi connectivity index (χ4n) is 6.34. The monoisotopic (exact) mass is 413 g/mol. The highest BCUT2D eigenvalue weighted by molar-refractivity contribution is 14.1. The molecule has 2 heterocycles. The second-order valence-corrected chi connectivity index (χ2v) is 9.68. The summed E-state index contributed by atoms with van der Waals surface area (Å²) in [5, 5.41) is 0. The van der Waals surface area contributed by atoms with Gasteiger partial charge in [-0.1, -0.05) is 19.4 Å². The highest BCUT2D eigenvalue weighted by atomic mass is 127. The molecule has 0 aromatic rings. The van der Waals surface area contributed by atoms with Gasteiger partial charge in [0.2, 0.25) is 5.91 Å². The molecule has 3 heteroatoms. The van der Waals surface area contributed by atoms with E-state index in [-0.39, 0.29) is 5.54 Å². The van der Waals surface area contributed by atoms with Crippen LogP contribution < -0.4 is 0 Å². The van der Waals surface area contributed by atoms with E-state index in [0.29, 0.717) is 11.3 Å². The summed E-state index contributed by atoms with van der Waals surface area (Å²) in [5.74, 6) is 2.83. The zero-order chi connectivity index (χ0) is 15.5. The molecular formula is C19H28INO. The van der Waals surface area contributed by atoms with Gasteiger partial charge in [0.1, 0.15) is 0 Å². The Morgan fingerprint density at radius 1 is 1.18 bits per heavy atom. The van der Waals surface area contributed by atoms with E-state index in [1.165, 1.54) is 38.5 Å². The van der Waals surface area contributed by atoms with Crippen molar-refractivity contribution in [2.45, 2.75) is 70.8 Å². The second-order valence-electron chi connectivity index (χ2n) is 8.52. The van der Waals surface area contributed by atoms with Gasteiger partial charge >= 0.3 is 0 Å². The first-order valence-electron chi connectivity index (χ1n) is 9.13. The highest BCUT2D eigenvalue weighted by Gasteiger charge is 2.57. The maximum atomic E-state index is 12.6. The van der Waals surface area contributed by atoms with E-state index in [2.05, 4.69) is 47.4 Å². The number of carbonyl (C=O) groups excluding carboxylic acids is 1. The lowest BCUT2D eigenvalue weighted by molar-refractivity contribution is -0.150. The third kappa shape index (κ3) is 1.99. The third-order valence-corrected chi connectivity index (χ3v) is 9.32. The number of piperidine rings is 1. The molecule has 1 saturated carbocycles. The first-order valence-corrected chi connectivity index (χ1v) is 10.2. The Kier molecular flexibility index (Phi) is 3.67. The van der Waals surface area contributed by atoms with E-state index in [4.69, 9.17) is 0 Å². The first kappa shape index (κ1) is 15.5. The molecule has 0 aromatic heterocycles. The highest BCUT2D eigenvalue weighted by Crippen LogP contribution is 2.62. The topological polar surface area (TPSA) is 20.3 Å². The van der Waals surface area contributed by atoms with E-state index in [9.17, 15) is 4.79 Å². The zero-order valence-electron chi connectivity index (χ0n) is 13.9. The van der Waals surface area contributed by atoms with Crippen LogP contribution in [0, 0.1) is 23.2 Å². The summed E-state index contributed by atoms with van der Waals surface area (Å²) in [6.45, 7) is 5.94. The predicted molar refractivity (Wildman–Crippen MR) is 97.7 cm³/mol. The average Bonchev–Trinajstić information content (AvgIpc) is 2.70. The van der Waals surface area contributed by atoms with Gasteiger partial charge < -0.3 is 4.90 Å². The predicted octanol–water partition coefficient (Wildman–Crippen LogP) is 4.92. The van der Waals surface area contributed by atoms with Gasteiger partial charge in [0.25, 0.3) is 0 Å². The molecule has 4 aliphatic rings. The third-order valence-electron chi connectivity index (χ3n) is 7.65. The number of nitrogens with zero attached hydrogens (tertiary/aromatic N) is 1. The zero-order valence-corrected chi connectivity index (χ0v) is 16.1. The quantitative estimate of drug-likeness (QED) is 0.516. The Morgan fingerprint density at radius 2 is 2.00 bits per heavy atom. The average molecular weight is 413 g/mol. The van der Waals surface area contributed by atoms with Crippen LogP contribution in [0.25, 0.3) is 0 Å². The Balaban J connectivity index is 1.67. The molecule has 2 nitrogen and oxygen atoms in total. The summed E-state index contributed by atoms with van der Waals surface area (Å²) < 4.78 is 1.61. The van der Waals surface area contributed by atoms with Crippen LogP contribution in [-0.4, -0.2) is 22.9 Å². The minimum absolute atomic E-state index is 0.145. The fraction of sp³-hybridized carbons (Fsp3) is 0.842. The molecule has 122 valence electrons. The van der Waals surface area contributed by atoms with Crippen LogP contribution >= 0.6 is 22.6 Å². The first-order chi connectivity index (χ1) is 10.5. The minimum atomic E-state index is 0.145. The molecule has 22 heavy (non-hydrogen) atoms. The number of halogens is 1. The number of carbonyl (C=O) groups is 1. The molecular weight excluding hydrogens is 385 g/mol. The van der Waals surface area contributed by atoms with Crippen LogP contribution in [0.4, 0.5) is 0 Å². The van der Waals surface area contributed by atoms with Crippen molar-refractivity contribution in [2.24, 2.45) is 23.2 Å². The van der Waals surface area contributed by atoms with E-state index >= 15 is 0 Å². The van der Waals surface area contributed by atoms with Crippen molar-refractivity contribution in [3.63, 3.8) is 0 Å². The molecule has 4 rings (SSSR count). The maximum absolute atomic E-state index is 12.6. The lowest BCUT2D eigenvalue weighted by Crippen LogP contribution is -2.62. The van der Waals surface area contributed by atoms with Crippen LogP contribution in [0.2, 0.25) is 0 Å². The molecule has 0 bridgehead atoms. The number of rotatable bonds is 0. The summed E-state index contributed by atoms with van der Waals surface area (Å²) in [5.41, 5.74) is 0.584. The summed E-state index contributed by atoms with van der Waals surface area (Å²) in [7, 11) is 0. The van der Waals surface area contributed by atoms with Crippen molar-refractivity contribution in [1.82, 2.24) is 4.90 Å². The number of hydrogen-bond acceptors (Lipinski definition) is 1. The van der Waals surface area contributed by atoms with Gasteiger partial charge in [0.15, 0.2) is 0 Å². The largest absolute Gasteiger partial charge is 0.337 e. The maximum Gasteiger partial charge on any atom is 0.223 e. The molecule has 2 aliphatic carbocycles. The van der Waals surface area contributed by atoms with Crippen LogP contribution in [0.5, 0.6) is 0 Å². The number of hydrogen-bond donors (Lipinski definition) is 0. The number of amides is 1. The molecule has 0 radical (unpaired) electrons. The molecule has 1 amide bonds. The van der Waals surface area contributed by atoms with Crippen molar-refractivity contribution < 1.29 is 4.79 Å². The summed E-state index contributed by atoms with van der Waals surface area (Å²) >= 11 is 2.59. The van der Waals surface area contributed by atoms with Gasteiger partial charge in [-0.05, 0) is 89.4 Å². The Morgan fingerprint density at radius 3 is 2.82 bits per heavy atom. The van der Waals surface area contributed by atoms with Crippen LogP contribution in [0.3, 0.4) is 0 Å². The van der Waals surface area contributed by atoms with Crippen molar-refractivity contribution in [2.75, 3.05) is 6.54 Å². The van der Waals surface area contributed by atoms with E-state index < -0.39 is 0 Å². The molecule has 2 aliphatic heterocycles. The molecule has 2 saturated heterocycles. The van der Waals surface area contributed by atoms with Crippen molar-refractivity contribution in [3.05, 3.63) is 9.66 Å². The molecule has 3 fully saturated rings. The molecule has 0 N–H and O–H groups in total. The Bertz CT molecular complexity index is 530. The molecule has 5 atom stereocenters. The molecule has 0 spiro atoms. The minimum Gasteiger partial charge on any atom is -0.337 e. The van der Waals surface area contributed by atoms with E-state index in [1.807, 2.05) is 0 Å². The number of fused-ring (bicyclic) bond motifs is 5. The normalized spacial score (nSPS) is 48.1. The second kappa shape index (κ2) is 5.22. The van der Waals surface area contributed by atoms with Gasteiger partial charge in [0.05, 0.1) is 0 Å². The van der Waals surface area contributed by atoms with Crippen LogP contribution in [0.1, 0.15) is 65.2 Å². The van der Waals surface area contributed by atoms with Gasteiger partial charge in [-0.15, -0.1) is 0 Å². The summed E-state index contributed by atoms with van der Waals surface area (Å²) in [6, 6.07) is 0. The smallest absolute Gasteiger partial charge is 0.223 e.